The lowest BCUT2D eigenvalue weighted by Gasteiger charge is -2.11. The summed E-state index contributed by atoms with van der Waals surface area (Å²) in [7, 11) is 1.40. The van der Waals surface area contributed by atoms with Gasteiger partial charge in [0.15, 0.2) is 11.6 Å². The summed E-state index contributed by atoms with van der Waals surface area (Å²) >= 11 is 5.62. The van der Waals surface area contributed by atoms with Crippen molar-refractivity contribution in [1.82, 2.24) is 4.98 Å². The molecule has 22 heavy (non-hydrogen) atoms. The van der Waals surface area contributed by atoms with Crippen molar-refractivity contribution in [3.8, 4) is 11.6 Å². The zero-order valence-electron chi connectivity index (χ0n) is 10.9. The SMILES string of the molecule is CNc1ccc(Oc2ncc(C(F)(F)F)cc2Cl)c(F)c1F. The molecule has 1 N–H and O–H groups in total. The van der Waals surface area contributed by atoms with E-state index in [2.05, 4.69) is 10.3 Å². The Balaban J connectivity index is 2.34. The average molecular weight is 339 g/mol. The van der Waals surface area contributed by atoms with Crippen molar-refractivity contribution in [2.75, 3.05) is 12.4 Å². The second-order valence-electron chi connectivity index (χ2n) is 4.10. The summed E-state index contributed by atoms with van der Waals surface area (Å²) in [5, 5.41) is 1.95. The predicted octanol–water partition coefficient (Wildman–Crippen LogP) is 4.87. The van der Waals surface area contributed by atoms with Gasteiger partial charge >= 0.3 is 6.18 Å². The van der Waals surface area contributed by atoms with Gasteiger partial charge in [-0.15, -0.1) is 0 Å². The summed E-state index contributed by atoms with van der Waals surface area (Å²) in [6, 6.07) is 2.88. The zero-order chi connectivity index (χ0) is 16.5. The highest BCUT2D eigenvalue weighted by Crippen LogP contribution is 2.36. The van der Waals surface area contributed by atoms with Crippen LogP contribution in [-0.4, -0.2) is 12.0 Å². The smallest absolute Gasteiger partial charge is 0.417 e. The lowest BCUT2D eigenvalue weighted by Crippen LogP contribution is -2.06. The molecule has 0 spiro atoms. The second kappa shape index (κ2) is 5.96. The third-order valence-electron chi connectivity index (χ3n) is 2.66. The van der Waals surface area contributed by atoms with Gasteiger partial charge in [0.25, 0.3) is 0 Å². The summed E-state index contributed by atoms with van der Waals surface area (Å²) in [5.74, 6) is -3.52. The van der Waals surface area contributed by atoms with Crippen molar-refractivity contribution in [2.45, 2.75) is 6.18 Å². The minimum absolute atomic E-state index is 0.101. The van der Waals surface area contributed by atoms with E-state index >= 15 is 0 Å². The molecule has 0 fully saturated rings. The first-order valence-corrected chi connectivity index (χ1v) is 6.18. The van der Waals surface area contributed by atoms with Crippen LogP contribution in [0.25, 0.3) is 0 Å². The van der Waals surface area contributed by atoms with E-state index in [1.165, 1.54) is 13.1 Å². The van der Waals surface area contributed by atoms with Crippen LogP contribution in [0.2, 0.25) is 5.02 Å². The van der Waals surface area contributed by atoms with Crippen LogP contribution in [0, 0.1) is 11.6 Å². The fraction of sp³-hybridized carbons (Fsp3) is 0.154. The first-order valence-electron chi connectivity index (χ1n) is 5.80. The molecule has 0 amide bonds. The van der Waals surface area contributed by atoms with Gasteiger partial charge in [-0.3, -0.25) is 0 Å². The topological polar surface area (TPSA) is 34.1 Å². The van der Waals surface area contributed by atoms with Gasteiger partial charge < -0.3 is 10.1 Å². The number of benzene rings is 1. The quantitative estimate of drug-likeness (QED) is 0.811. The molecule has 0 unspecified atom stereocenters. The molecule has 9 heteroatoms. The number of alkyl halides is 3. The number of nitrogens with zero attached hydrogens (tertiary/aromatic N) is 1. The van der Waals surface area contributed by atoms with Crippen LogP contribution in [0.5, 0.6) is 11.6 Å². The third-order valence-corrected chi connectivity index (χ3v) is 2.93. The maximum absolute atomic E-state index is 13.7. The number of ether oxygens (including phenoxy) is 1. The van der Waals surface area contributed by atoms with Gasteiger partial charge in [0.05, 0.1) is 11.3 Å². The molecule has 0 aliphatic heterocycles. The fourth-order valence-electron chi connectivity index (χ4n) is 1.56. The van der Waals surface area contributed by atoms with Gasteiger partial charge in [-0.05, 0) is 18.2 Å². The summed E-state index contributed by atoms with van der Waals surface area (Å²) in [6.07, 6.45) is -4.14. The molecule has 0 aliphatic carbocycles. The van der Waals surface area contributed by atoms with Crippen molar-refractivity contribution in [1.29, 1.82) is 0 Å². The predicted molar refractivity (Wildman–Crippen MR) is 70.2 cm³/mol. The third kappa shape index (κ3) is 3.22. The molecule has 0 radical (unpaired) electrons. The number of pyridine rings is 1. The number of anilines is 1. The van der Waals surface area contributed by atoms with Crippen LogP contribution in [-0.2, 0) is 6.18 Å². The molecule has 0 bridgehead atoms. The molecule has 0 saturated heterocycles. The minimum atomic E-state index is -4.62. The van der Waals surface area contributed by atoms with E-state index in [4.69, 9.17) is 16.3 Å². The Morgan fingerprint density at radius 2 is 1.86 bits per heavy atom. The van der Waals surface area contributed by atoms with Crippen molar-refractivity contribution in [2.24, 2.45) is 0 Å². The van der Waals surface area contributed by atoms with E-state index in [0.29, 0.717) is 12.3 Å². The number of rotatable bonds is 3. The van der Waals surface area contributed by atoms with E-state index in [1.54, 1.807) is 0 Å². The molecule has 1 aromatic carbocycles. The standard InChI is InChI=1S/C13H8ClF5N2O/c1-20-8-2-3-9(11(16)10(8)15)22-12-7(14)4-6(5-21-12)13(17,18)19/h2-5,20H,1H3. The van der Waals surface area contributed by atoms with Gasteiger partial charge in [-0.1, -0.05) is 11.6 Å². The van der Waals surface area contributed by atoms with Gasteiger partial charge in [0.1, 0.15) is 5.02 Å². The van der Waals surface area contributed by atoms with Gasteiger partial charge in [0.2, 0.25) is 11.7 Å². The number of hydrogen-bond donors (Lipinski definition) is 1. The number of aromatic nitrogens is 1. The lowest BCUT2D eigenvalue weighted by molar-refractivity contribution is -0.137. The van der Waals surface area contributed by atoms with E-state index < -0.39 is 40.0 Å². The first-order chi connectivity index (χ1) is 10.2. The monoisotopic (exact) mass is 338 g/mol. The Hall–Kier alpha value is -2.09. The molecule has 1 aromatic heterocycles. The molecular weight excluding hydrogens is 331 g/mol. The molecule has 0 aliphatic rings. The molecule has 2 aromatic rings. The van der Waals surface area contributed by atoms with Crippen LogP contribution < -0.4 is 10.1 Å². The van der Waals surface area contributed by atoms with Crippen LogP contribution in [0.1, 0.15) is 5.56 Å². The molecule has 1 heterocycles. The Kier molecular flexibility index (Phi) is 4.41. The summed E-state index contributed by atoms with van der Waals surface area (Å²) in [6.45, 7) is 0. The first kappa shape index (κ1) is 16.3. The van der Waals surface area contributed by atoms with Crippen molar-refractivity contribution in [3.63, 3.8) is 0 Å². The van der Waals surface area contributed by atoms with Crippen LogP contribution >= 0.6 is 11.6 Å². The zero-order valence-corrected chi connectivity index (χ0v) is 11.7. The lowest BCUT2D eigenvalue weighted by atomic mass is 10.2. The highest BCUT2D eigenvalue weighted by Gasteiger charge is 2.32. The Morgan fingerprint density at radius 1 is 1.18 bits per heavy atom. The van der Waals surface area contributed by atoms with Crippen molar-refractivity contribution < 1.29 is 26.7 Å². The molecule has 118 valence electrons. The van der Waals surface area contributed by atoms with Crippen molar-refractivity contribution >= 4 is 17.3 Å². The van der Waals surface area contributed by atoms with Crippen LogP contribution in [0.15, 0.2) is 24.4 Å². The van der Waals surface area contributed by atoms with Crippen LogP contribution in [0.4, 0.5) is 27.6 Å². The molecular formula is C13H8ClF5N2O. The second-order valence-corrected chi connectivity index (χ2v) is 4.51. The Bertz CT molecular complexity index is 706. The van der Waals surface area contributed by atoms with Crippen LogP contribution in [0.3, 0.4) is 0 Å². The molecule has 0 saturated carbocycles. The van der Waals surface area contributed by atoms with Crippen molar-refractivity contribution in [3.05, 3.63) is 46.6 Å². The minimum Gasteiger partial charge on any atom is -0.434 e. The summed E-state index contributed by atoms with van der Waals surface area (Å²) in [4.78, 5) is 3.37. The fourth-order valence-corrected chi connectivity index (χ4v) is 1.77. The number of nitrogens with one attached hydrogen (secondary N) is 1. The molecule has 0 atom stereocenters. The highest BCUT2D eigenvalue weighted by atomic mass is 35.5. The number of hydrogen-bond acceptors (Lipinski definition) is 3. The maximum Gasteiger partial charge on any atom is 0.417 e. The highest BCUT2D eigenvalue weighted by molar-refractivity contribution is 6.31. The van der Waals surface area contributed by atoms with Gasteiger partial charge in [0, 0.05) is 13.2 Å². The largest absolute Gasteiger partial charge is 0.434 e. The molecule has 2 rings (SSSR count). The Morgan fingerprint density at radius 3 is 2.41 bits per heavy atom. The summed E-state index contributed by atoms with van der Waals surface area (Å²) in [5.41, 5.74) is -1.18. The molecule has 3 nitrogen and oxygen atoms in total. The van der Waals surface area contributed by atoms with Gasteiger partial charge in [-0.25, -0.2) is 9.37 Å². The van der Waals surface area contributed by atoms with Gasteiger partial charge in [-0.2, -0.15) is 17.6 Å². The normalized spacial score (nSPS) is 11.4. The van der Waals surface area contributed by atoms with E-state index in [0.717, 1.165) is 6.07 Å². The van der Waals surface area contributed by atoms with E-state index in [-0.39, 0.29) is 5.69 Å². The van der Waals surface area contributed by atoms with E-state index in [1.807, 2.05) is 0 Å². The summed E-state index contributed by atoms with van der Waals surface area (Å²) < 4.78 is 69.7. The maximum atomic E-state index is 13.7. The van der Waals surface area contributed by atoms with E-state index in [9.17, 15) is 22.0 Å². The average Bonchev–Trinajstić information content (AvgIpc) is 2.45. The Labute approximate surface area is 126 Å². The number of halogens is 6.